The van der Waals surface area contributed by atoms with E-state index < -0.39 is 0 Å². The summed E-state index contributed by atoms with van der Waals surface area (Å²) in [6.07, 6.45) is 4.84. The molecule has 1 aliphatic rings. The summed E-state index contributed by atoms with van der Waals surface area (Å²) in [7, 11) is 0. The maximum atomic E-state index is 11.7. The van der Waals surface area contributed by atoms with Crippen molar-refractivity contribution in [1.82, 2.24) is 10.2 Å². The predicted octanol–water partition coefficient (Wildman–Crippen LogP) is 0.914. The van der Waals surface area contributed by atoms with Crippen molar-refractivity contribution in [3.8, 4) is 0 Å². The van der Waals surface area contributed by atoms with Gasteiger partial charge >= 0.3 is 0 Å². The summed E-state index contributed by atoms with van der Waals surface area (Å²) in [6, 6.07) is -0.0628. The Hall–Kier alpha value is -0.870. The summed E-state index contributed by atoms with van der Waals surface area (Å²) in [6.45, 7) is 7.84. The molecule has 1 fully saturated rings. The monoisotopic (exact) mass is 240 g/mol. The molecule has 98 valence electrons. The third-order valence-electron chi connectivity index (χ3n) is 3.15. The Kier molecular flexibility index (Phi) is 6.22. The van der Waals surface area contributed by atoms with E-state index in [1.165, 1.54) is 0 Å². The largest absolute Gasteiger partial charge is 0.392 e. The molecule has 0 aromatic carbocycles. The number of rotatable bonds is 7. The topological polar surface area (TPSA) is 52.6 Å². The van der Waals surface area contributed by atoms with Crippen LogP contribution in [0.15, 0.2) is 12.7 Å². The molecule has 2 atom stereocenters. The molecule has 2 unspecified atom stereocenters. The summed E-state index contributed by atoms with van der Waals surface area (Å²) in [4.78, 5) is 13.8. The van der Waals surface area contributed by atoms with E-state index in [2.05, 4.69) is 23.7 Å². The Morgan fingerprint density at radius 1 is 1.71 bits per heavy atom. The van der Waals surface area contributed by atoms with Crippen molar-refractivity contribution in [2.75, 3.05) is 19.6 Å². The third kappa shape index (κ3) is 4.48. The number of allylic oxidation sites excluding steroid dienone is 1. The van der Waals surface area contributed by atoms with Crippen LogP contribution in [0.4, 0.5) is 0 Å². The molecule has 1 amide bonds. The highest BCUT2D eigenvalue weighted by molar-refractivity contribution is 5.82. The van der Waals surface area contributed by atoms with Crippen molar-refractivity contribution in [1.29, 1.82) is 0 Å². The van der Waals surface area contributed by atoms with Crippen LogP contribution >= 0.6 is 0 Å². The average molecular weight is 240 g/mol. The first-order valence-electron chi connectivity index (χ1n) is 6.49. The van der Waals surface area contributed by atoms with Gasteiger partial charge in [-0.25, -0.2) is 0 Å². The number of piperazine rings is 1. The Morgan fingerprint density at radius 3 is 3.12 bits per heavy atom. The lowest BCUT2D eigenvalue weighted by Gasteiger charge is -2.36. The van der Waals surface area contributed by atoms with Gasteiger partial charge in [0.25, 0.3) is 0 Å². The van der Waals surface area contributed by atoms with E-state index in [0.29, 0.717) is 13.1 Å². The van der Waals surface area contributed by atoms with Crippen LogP contribution in [0, 0.1) is 0 Å². The van der Waals surface area contributed by atoms with Gasteiger partial charge in [0.15, 0.2) is 0 Å². The van der Waals surface area contributed by atoms with Crippen LogP contribution in [0.3, 0.4) is 0 Å². The SMILES string of the molecule is C=CCCC(O)CN1CCNC(=O)C1CCC. The summed E-state index contributed by atoms with van der Waals surface area (Å²) in [5, 5.41) is 12.8. The fraction of sp³-hybridized carbons (Fsp3) is 0.769. The highest BCUT2D eigenvalue weighted by atomic mass is 16.3. The Labute approximate surface area is 104 Å². The average Bonchev–Trinajstić information content (AvgIpc) is 2.31. The number of nitrogens with zero attached hydrogens (tertiary/aromatic N) is 1. The smallest absolute Gasteiger partial charge is 0.237 e. The second-order valence-corrected chi connectivity index (χ2v) is 4.61. The number of aliphatic hydroxyl groups is 1. The van der Waals surface area contributed by atoms with Crippen LogP contribution in [-0.4, -0.2) is 47.7 Å². The first-order valence-corrected chi connectivity index (χ1v) is 6.49. The van der Waals surface area contributed by atoms with E-state index in [1.807, 2.05) is 6.08 Å². The zero-order valence-electron chi connectivity index (χ0n) is 10.7. The molecule has 0 aromatic heterocycles. The quantitative estimate of drug-likeness (QED) is 0.651. The summed E-state index contributed by atoms with van der Waals surface area (Å²) < 4.78 is 0. The lowest BCUT2D eigenvalue weighted by molar-refractivity contribution is -0.130. The molecule has 0 aliphatic carbocycles. The molecular weight excluding hydrogens is 216 g/mol. The van der Waals surface area contributed by atoms with Crippen molar-refractivity contribution >= 4 is 5.91 Å². The molecule has 0 aromatic rings. The second-order valence-electron chi connectivity index (χ2n) is 4.61. The van der Waals surface area contributed by atoms with Crippen LogP contribution in [0.5, 0.6) is 0 Å². The number of β-amino-alcohol motifs (C(OH)–C–C–N with tert-alkyl or cyclic N) is 1. The molecule has 0 bridgehead atoms. The number of aliphatic hydroxyl groups excluding tert-OH is 1. The highest BCUT2D eigenvalue weighted by Gasteiger charge is 2.29. The zero-order chi connectivity index (χ0) is 12.7. The minimum Gasteiger partial charge on any atom is -0.392 e. The Balaban J connectivity index is 2.47. The molecule has 4 heteroatoms. The van der Waals surface area contributed by atoms with Crippen molar-refractivity contribution in [2.45, 2.75) is 44.8 Å². The Bertz CT molecular complexity index is 256. The van der Waals surface area contributed by atoms with Gasteiger partial charge < -0.3 is 10.4 Å². The molecule has 17 heavy (non-hydrogen) atoms. The standard InChI is InChI=1S/C13H24N2O2/c1-3-5-7-11(16)10-15-9-8-14-13(17)12(15)6-4-2/h3,11-12,16H,1,4-10H2,2H3,(H,14,17). The number of nitrogens with one attached hydrogen (secondary N) is 1. The minimum absolute atomic E-state index is 0.0628. The van der Waals surface area contributed by atoms with E-state index in [4.69, 9.17) is 0 Å². The Morgan fingerprint density at radius 2 is 2.47 bits per heavy atom. The van der Waals surface area contributed by atoms with E-state index in [-0.39, 0.29) is 18.1 Å². The van der Waals surface area contributed by atoms with Gasteiger partial charge in [0.05, 0.1) is 12.1 Å². The molecule has 4 nitrogen and oxygen atoms in total. The van der Waals surface area contributed by atoms with Crippen LogP contribution in [0.25, 0.3) is 0 Å². The van der Waals surface area contributed by atoms with Crippen LogP contribution in [0.2, 0.25) is 0 Å². The lowest BCUT2D eigenvalue weighted by Crippen LogP contribution is -2.56. The van der Waals surface area contributed by atoms with Gasteiger partial charge in [-0.15, -0.1) is 6.58 Å². The van der Waals surface area contributed by atoms with Crippen molar-refractivity contribution in [3.05, 3.63) is 12.7 Å². The fourth-order valence-corrected chi connectivity index (χ4v) is 2.24. The normalized spacial score (nSPS) is 23.2. The minimum atomic E-state index is -0.363. The molecule has 1 rings (SSSR count). The van der Waals surface area contributed by atoms with Crippen LogP contribution in [-0.2, 0) is 4.79 Å². The zero-order valence-corrected chi connectivity index (χ0v) is 10.7. The second kappa shape index (κ2) is 7.45. The lowest BCUT2D eigenvalue weighted by atomic mass is 10.1. The number of hydrogen-bond donors (Lipinski definition) is 2. The van der Waals surface area contributed by atoms with Gasteiger partial charge in [-0.2, -0.15) is 0 Å². The van der Waals surface area contributed by atoms with E-state index >= 15 is 0 Å². The van der Waals surface area contributed by atoms with Crippen LogP contribution in [0.1, 0.15) is 32.6 Å². The molecule has 1 saturated heterocycles. The van der Waals surface area contributed by atoms with Crippen molar-refractivity contribution in [2.24, 2.45) is 0 Å². The summed E-state index contributed by atoms with van der Waals surface area (Å²) >= 11 is 0. The number of hydrogen-bond acceptors (Lipinski definition) is 3. The summed E-state index contributed by atoms with van der Waals surface area (Å²) in [5.74, 6) is 0.106. The van der Waals surface area contributed by atoms with Gasteiger partial charge in [0, 0.05) is 19.6 Å². The number of carbonyl (C=O) groups is 1. The maximum absolute atomic E-state index is 11.7. The van der Waals surface area contributed by atoms with E-state index in [1.54, 1.807) is 0 Å². The first-order chi connectivity index (χ1) is 8.19. The van der Waals surface area contributed by atoms with E-state index in [0.717, 1.165) is 32.2 Å². The van der Waals surface area contributed by atoms with Gasteiger partial charge in [-0.1, -0.05) is 19.4 Å². The summed E-state index contributed by atoms with van der Waals surface area (Å²) in [5.41, 5.74) is 0. The number of carbonyl (C=O) groups excluding carboxylic acids is 1. The van der Waals surface area contributed by atoms with Crippen molar-refractivity contribution in [3.63, 3.8) is 0 Å². The number of amides is 1. The molecule has 0 spiro atoms. The van der Waals surface area contributed by atoms with Gasteiger partial charge in [-0.3, -0.25) is 9.69 Å². The predicted molar refractivity (Wildman–Crippen MR) is 68.7 cm³/mol. The molecular formula is C13H24N2O2. The third-order valence-corrected chi connectivity index (χ3v) is 3.15. The van der Waals surface area contributed by atoms with Gasteiger partial charge in [0.1, 0.15) is 0 Å². The van der Waals surface area contributed by atoms with Crippen LogP contribution < -0.4 is 5.32 Å². The highest BCUT2D eigenvalue weighted by Crippen LogP contribution is 2.12. The first kappa shape index (κ1) is 14.2. The maximum Gasteiger partial charge on any atom is 0.237 e. The molecule has 0 radical (unpaired) electrons. The van der Waals surface area contributed by atoms with E-state index in [9.17, 15) is 9.90 Å². The molecule has 1 heterocycles. The van der Waals surface area contributed by atoms with Gasteiger partial charge in [-0.05, 0) is 19.3 Å². The van der Waals surface area contributed by atoms with Crippen molar-refractivity contribution < 1.29 is 9.90 Å². The molecule has 2 N–H and O–H groups in total. The van der Waals surface area contributed by atoms with Gasteiger partial charge in [0.2, 0.25) is 5.91 Å². The fourth-order valence-electron chi connectivity index (χ4n) is 2.24. The molecule has 0 saturated carbocycles. The molecule has 1 aliphatic heterocycles.